The monoisotopic (exact) mass is 310 g/mol. The van der Waals surface area contributed by atoms with Crippen LogP contribution in [-0.4, -0.2) is 31.6 Å². The third-order valence-corrected chi connectivity index (χ3v) is 6.40. The predicted molar refractivity (Wildman–Crippen MR) is 81.1 cm³/mol. The van der Waals surface area contributed by atoms with E-state index >= 15 is 0 Å². The van der Waals surface area contributed by atoms with Crippen LogP contribution in [0.3, 0.4) is 0 Å². The maximum Gasteiger partial charge on any atom is 0.313 e. The van der Waals surface area contributed by atoms with Crippen molar-refractivity contribution in [2.24, 2.45) is 16.7 Å². The molecule has 0 saturated heterocycles. The van der Waals surface area contributed by atoms with Gasteiger partial charge in [-0.15, -0.1) is 10.2 Å². The number of nitrogens with zero attached hydrogens (tertiary/aromatic N) is 3. The third kappa shape index (κ3) is 2.13. The molecule has 0 aliphatic heterocycles. The molecule has 0 radical (unpaired) electrons. The number of carboxylic acid groups (broad SMARTS) is 1. The van der Waals surface area contributed by atoms with Crippen molar-refractivity contribution in [3.63, 3.8) is 0 Å². The van der Waals surface area contributed by atoms with Crippen LogP contribution < -0.4 is 5.73 Å². The van der Waals surface area contributed by atoms with Gasteiger partial charge in [0.05, 0.1) is 5.75 Å². The zero-order chi connectivity index (χ0) is 15.4. The Morgan fingerprint density at radius 2 is 2.19 bits per heavy atom. The second kappa shape index (κ2) is 4.63. The summed E-state index contributed by atoms with van der Waals surface area (Å²) in [5.74, 6) is 0.207. The van der Waals surface area contributed by atoms with Crippen LogP contribution in [0.15, 0.2) is 5.16 Å². The van der Waals surface area contributed by atoms with Crippen LogP contribution in [0.2, 0.25) is 0 Å². The largest absolute Gasteiger partial charge is 0.481 e. The summed E-state index contributed by atoms with van der Waals surface area (Å²) >= 11 is 1.20. The van der Waals surface area contributed by atoms with E-state index in [0.717, 1.165) is 0 Å². The Morgan fingerprint density at radius 1 is 1.48 bits per heavy atom. The lowest BCUT2D eigenvalue weighted by molar-refractivity contribution is -0.133. The number of thioether (sulfide) groups is 1. The molecule has 1 aromatic heterocycles. The minimum absolute atomic E-state index is 0.0224. The number of hydrogen-bond donors (Lipinski definition) is 2. The highest BCUT2D eigenvalue weighted by Crippen LogP contribution is 2.68. The lowest BCUT2D eigenvalue weighted by Crippen LogP contribution is -2.38. The van der Waals surface area contributed by atoms with Gasteiger partial charge in [-0.2, -0.15) is 0 Å². The van der Waals surface area contributed by atoms with Gasteiger partial charge in [-0.3, -0.25) is 9.36 Å². The standard InChI is InChI=1S/C14H22N4O2S/c1-13(2)8-4-5-14(3,6-8)10(13)18-11(15)16-17-12(18)21-7-9(19)20/h8,10H,4-7H2,1-3H3,(H2,15,16)(H,19,20). The normalized spacial score (nSPS) is 33.5. The zero-order valence-corrected chi connectivity index (χ0v) is 13.5. The molecule has 2 saturated carbocycles. The van der Waals surface area contributed by atoms with Crippen LogP contribution >= 0.6 is 11.8 Å². The van der Waals surface area contributed by atoms with E-state index in [2.05, 4.69) is 31.0 Å². The van der Waals surface area contributed by atoms with Gasteiger partial charge in [0, 0.05) is 6.04 Å². The van der Waals surface area contributed by atoms with E-state index in [1.807, 2.05) is 4.57 Å². The van der Waals surface area contributed by atoms with Gasteiger partial charge in [-0.05, 0) is 36.0 Å². The van der Waals surface area contributed by atoms with Gasteiger partial charge < -0.3 is 10.8 Å². The fourth-order valence-electron chi connectivity index (χ4n) is 4.68. The van der Waals surface area contributed by atoms with Crippen LogP contribution in [0.1, 0.15) is 46.1 Å². The van der Waals surface area contributed by atoms with Gasteiger partial charge >= 0.3 is 5.97 Å². The minimum Gasteiger partial charge on any atom is -0.481 e. The van der Waals surface area contributed by atoms with Gasteiger partial charge in [0.1, 0.15) is 0 Å². The Bertz CT molecular complexity index is 581. The highest BCUT2D eigenvalue weighted by Gasteiger charge is 2.60. The fourth-order valence-corrected chi connectivity index (χ4v) is 5.37. The number of nitrogen functional groups attached to an aromatic ring is 1. The molecule has 7 heteroatoms. The molecular formula is C14H22N4O2S. The summed E-state index contributed by atoms with van der Waals surface area (Å²) in [6, 6.07) is 0.232. The number of aliphatic carboxylic acids is 1. The molecule has 0 spiro atoms. The molecule has 3 rings (SSSR count). The first kappa shape index (κ1) is 14.7. The van der Waals surface area contributed by atoms with Crippen molar-refractivity contribution in [2.45, 2.75) is 51.2 Å². The topological polar surface area (TPSA) is 94.0 Å². The Labute approximate surface area is 128 Å². The lowest BCUT2D eigenvalue weighted by atomic mass is 9.68. The van der Waals surface area contributed by atoms with E-state index < -0.39 is 5.97 Å². The second-order valence-corrected chi connectivity index (χ2v) is 8.15. The Kier molecular flexibility index (Phi) is 3.24. The first-order valence-electron chi connectivity index (χ1n) is 7.31. The van der Waals surface area contributed by atoms with Crippen LogP contribution in [0.25, 0.3) is 0 Å². The Balaban J connectivity index is 2.00. The minimum atomic E-state index is -0.855. The number of carboxylic acids is 1. The van der Waals surface area contributed by atoms with Gasteiger partial charge in [-0.1, -0.05) is 32.5 Å². The van der Waals surface area contributed by atoms with E-state index in [-0.39, 0.29) is 22.6 Å². The van der Waals surface area contributed by atoms with Crippen LogP contribution in [0, 0.1) is 16.7 Å². The van der Waals surface area contributed by atoms with E-state index in [1.165, 1.54) is 31.0 Å². The van der Waals surface area contributed by atoms with Crippen molar-refractivity contribution in [1.82, 2.24) is 14.8 Å². The summed E-state index contributed by atoms with van der Waals surface area (Å²) in [5.41, 5.74) is 6.39. The van der Waals surface area contributed by atoms with Crippen molar-refractivity contribution in [3.05, 3.63) is 0 Å². The SMILES string of the molecule is CC12CCC(C1)C(C)(C)C2n1c(N)nnc1SCC(=O)O. The maximum absolute atomic E-state index is 10.8. The van der Waals surface area contributed by atoms with E-state index in [1.54, 1.807) is 0 Å². The van der Waals surface area contributed by atoms with Crippen molar-refractivity contribution >= 4 is 23.7 Å². The van der Waals surface area contributed by atoms with E-state index in [9.17, 15) is 4.79 Å². The summed E-state index contributed by atoms with van der Waals surface area (Å²) in [5, 5.41) is 17.6. The number of hydrogen-bond acceptors (Lipinski definition) is 5. The summed E-state index contributed by atoms with van der Waals surface area (Å²) in [7, 11) is 0. The predicted octanol–water partition coefficient (Wildman–Crippen LogP) is 2.42. The fraction of sp³-hybridized carbons (Fsp3) is 0.786. The summed E-state index contributed by atoms with van der Waals surface area (Å²) < 4.78 is 1.99. The molecule has 1 heterocycles. The number of nitrogens with two attached hydrogens (primary N) is 1. The van der Waals surface area contributed by atoms with Gasteiger partial charge in [0.15, 0.2) is 5.16 Å². The molecule has 2 aliphatic rings. The molecular weight excluding hydrogens is 288 g/mol. The molecule has 2 bridgehead atoms. The average Bonchev–Trinajstić information content (AvgIpc) is 2.98. The summed E-state index contributed by atoms with van der Waals surface area (Å²) in [4.78, 5) is 10.8. The summed E-state index contributed by atoms with van der Waals surface area (Å²) in [6.45, 7) is 6.90. The highest BCUT2D eigenvalue weighted by molar-refractivity contribution is 7.99. The molecule has 3 atom stereocenters. The third-order valence-electron chi connectivity index (χ3n) is 5.47. The highest BCUT2D eigenvalue weighted by atomic mass is 32.2. The molecule has 21 heavy (non-hydrogen) atoms. The molecule has 3 N–H and O–H groups in total. The van der Waals surface area contributed by atoms with Crippen molar-refractivity contribution in [3.8, 4) is 0 Å². The van der Waals surface area contributed by atoms with Crippen LogP contribution in [0.4, 0.5) is 5.95 Å². The molecule has 3 unspecified atom stereocenters. The molecule has 1 aromatic rings. The average molecular weight is 310 g/mol. The smallest absolute Gasteiger partial charge is 0.313 e. The molecule has 116 valence electrons. The zero-order valence-electron chi connectivity index (χ0n) is 12.7. The Morgan fingerprint density at radius 3 is 2.76 bits per heavy atom. The van der Waals surface area contributed by atoms with E-state index in [4.69, 9.17) is 10.8 Å². The van der Waals surface area contributed by atoms with Crippen molar-refractivity contribution < 1.29 is 9.90 Å². The van der Waals surface area contributed by atoms with Crippen LogP contribution in [0.5, 0.6) is 0 Å². The number of carbonyl (C=O) groups is 1. The number of anilines is 1. The van der Waals surface area contributed by atoms with Gasteiger partial charge in [-0.25, -0.2) is 0 Å². The number of fused-ring (bicyclic) bond motifs is 2. The Hall–Kier alpha value is -1.24. The maximum atomic E-state index is 10.8. The van der Waals surface area contributed by atoms with Crippen LogP contribution in [-0.2, 0) is 4.79 Å². The quantitative estimate of drug-likeness (QED) is 0.829. The molecule has 0 amide bonds. The number of aromatic nitrogens is 3. The van der Waals surface area contributed by atoms with Gasteiger partial charge in [0.25, 0.3) is 0 Å². The molecule has 6 nitrogen and oxygen atoms in total. The molecule has 2 aliphatic carbocycles. The van der Waals surface area contributed by atoms with Crippen molar-refractivity contribution in [1.29, 1.82) is 0 Å². The van der Waals surface area contributed by atoms with E-state index in [0.29, 0.717) is 17.0 Å². The first-order valence-corrected chi connectivity index (χ1v) is 8.29. The van der Waals surface area contributed by atoms with Crippen molar-refractivity contribution in [2.75, 3.05) is 11.5 Å². The first-order chi connectivity index (χ1) is 9.75. The number of rotatable bonds is 4. The molecule has 2 fully saturated rings. The molecule has 0 aromatic carbocycles. The van der Waals surface area contributed by atoms with Gasteiger partial charge in [0.2, 0.25) is 5.95 Å². The lowest BCUT2D eigenvalue weighted by Gasteiger charge is -2.43. The summed E-state index contributed by atoms with van der Waals surface area (Å²) in [6.07, 6.45) is 3.65. The second-order valence-electron chi connectivity index (χ2n) is 7.21.